The summed E-state index contributed by atoms with van der Waals surface area (Å²) in [6, 6.07) is 4.16. The number of methoxy groups -OCH3 is 1. The summed E-state index contributed by atoms with van der Waals surface area (Å²) in [4.78, 5) is 0. The van der Waals surface area contributed by atoms with Crippen LogP contribution in [-0.4, -0.2) is 23.9 Å². The summed E-state index contributed by atoms with van der Waals surface area (Å²) in [6.45, 7) is -0.237. The number of nitrogens with zero attached hydrogens (tertiary/aromatic N) is 1. The summed E-state index contributed by atoms with van der Waals surface area (Å²) in [7, 11) is 1.38. The topological polar surface area (TPSA) is 99.5 Å². The van der Waals surface area contributed by atoms with Crippen LogP contribution in [-0.2, 0) is 0 Å². The molecule has 4 N–H and O–H groups in total. The minimum absolute atomic E-state index is 0.0771. The van der Waals surface area contributed by atoms with Gasteiger partial charge in [-0.25, -0.2) is 0 Å². The molecule has 0 aromatic heterocycles. The molecule has 5 nitrogen and oxygen atoms in total. The average molecular weight is 208 g/mol. The highest BCUT2D eigenvalue weighted by atomic mass is 16.5. The predicted molar refractivity (Wildman–Crippen MR) is 53.4 cm³/mol. The lowest BCUT2D eigenvalue weighted by atomic mass is 10.0. The standard InChI is InChI=1S/C10H12N2O3/c1-15-9-3-6(8(12)5-13)2-7(4-11)10(9)14/h2-3,8,13-14H,5,12H2,1H3. The number of hydrogen-bond donors (Lipinski definition) is 3. The van der Waals surface area contributed by atoms with Crippen LogP contribution in [0.25, 0.3) is 0 Å². The minimum atomic E-state index is -0.591. The van der Waals surface area contributed by atoms with Crippen LogP contribution in [0.15, 0.2) is 12.1 Å². The van der Waals surface area contributed by atoms with Gasteiger partial charge in [-0.05, 0) is 17.7 Å². The summed E-state index contributed by atoms with van der Waals surface area (Å²) in [6.07, 6.45) is 0. The summed E-state index contributed by atoms with van der Waals surface area (Å²) >= 11 is 0. The van der Waals surface area contributed by atoms with Gasteiger partial charge in [0.25, 0.3) is 0 Å². The fourth-order valence-corrected chi connectivity index (χ4v) is 1.19. The monoisotopic (exact) mass is 208 g/mol. The van der Waals surface area contributed by atoms with Crippen molar-refractivity contribution in [1.82, 2.24) is 0 Å². The van der Waals surface area contributed by atoms with E-state index < -0.39 is 6.04 Å². The van der Waals surface area contributed by atoms with E-state index in [0.29, 0.717) is 5.56 Å². The van der Waals surface area contributed by atoms with Crippen molar-refractivity contribution < 1.29 is 14.9 Å². The highest BCUT2D eigenvalue weighted by Crippen LogP contribution is 2.32. The molecular weight excluding hydrogens is 196 g/mol. The average Bonchev–Trinajstić information content (AvgIpc) is 2.28. The molecule has 80 valence electrons. The first-order valence-electron chi connectivity index (χ1n) is 4.31. The number of hydrogen-bond acceptors (Lipinski definition) is 5. The van der Waals surface area contributed by atoms with Gasteiger partial charge in [0.05, 0.1) is 25.3 Å². The number of aliphatic hydroxyl groups is 1. The Bertz CT molecular complexity index is 398. The third kappa shape index (κ3) is 2.18. The van der Waals surface area contributed by atoms with Crippen molar-refractivity contribution in [1.29, 1.82) is 5.26 Å². The number of benzene rings is 1. The number of nitriles is 1. The van der Waals surface area contributed by atoms with Gasteiger partial charge in [0, 0.05) is 0 Å². The van der Waals surface area contributed by atoms with Crippen LogP contribution < -0.4 is 10.5 Å². The summed E-state index contributed by atoms with van der Waals surface area (Å²) in [5.41, 5.74) is 6.22. The molecule has 5 heteroatoms. The second-order valence-corrected chi connectivity index (χ2v) is 3.02. The highest BCUT2D eigenvalue weighted by Gasteiger charge is 2.13. The van der Waals surface area contributed by atoms with Gasteiger partial charge in [-0.1, -0.05) is 0 Å². The third-order valence-electron chi connectivity index (χ3n) is 2.06. The molecule has 0 saturated heterocycles. The zero-order valence-corrected chi connectivity index (χ0v) is 8.27. The van der Waals surface area contributed by atoms with Crippen molar-refractivity contribution in [3.05, 3.63) is 23.3 Å². The van der Waals surface area contributed by atoms with E-state index in [1.54, 1.807) is 0 Å². The molecule has 0 aliphatic rings. The first-order valence-corrected chi connectivity index (χ1v) is 4.31. The largest absolute Gasteiger partial charge is 0.503 e. The van der Waals surface area contributed by atoms with Crippen LogP contribution in [0.3, 0.4) is 0 Å². The van der Waals surface area contributed by atoms with Crippen molar-refractivity contribution >= 4 is 0 Å². The Morgan fingerprint density at radius 1 is 1.60 bits per heavy atom. The molecule has 0 spiro atoms. The number of nitrogens with two attached hydrogens (primary N) is 1. The zero-order valence-electron chi connectivity index (χ0n) is 8.27. The van der Waals surface area contributed by atoms with E-state index >= 15 is 0 Å². The van der Waals surface area contributed by atoms with Gasteiger partial charge in [0.2, 0.25) is 0 Å². The zero-order chi connectivity index (χ0) is 11.4. The highest BCUT2D eigenvalue weighted by molar-refractivity contribution is 5.54. The minimum Gasteiger partial charge on any atom is -0.503 e. The molecule has 1 atom stereocenters. The smallest absolute Gasteiger partial charge is 0.175 e. The second kappa shape index (κ2) is 4.64. The quantitative estimate of drug-likeness (QED) is 0.661. The molecule has 0 amide bonds. The van der Waals surface area contributed by atoms with E-state index in [0.717, 1.165) is 0 Å². The van der Waals surface area contributed by atoms with Gasteiger partial charge in [-0.2, -0.15) is 5.26 Å². The first kappa shape index (κ1) is 11.3. The predicted octanol–water partition coefficient (Wildman–Crippen LogP) is 0.265. The van der Waals surface area contributed by atoms with Crippen molar-refractivity contribution in [2.75, 3.05) is 13.7 Å². The fraction of sp³-hybridized carbons (Fsp3) is 0.300. The second-order valence-electron chi connectivity index (χ2n) is 3.02. The molecular formula is C10H12N2O3. The molecule has 1 aromatic rings. The van der Waals surface area contributed by atoms with E-state index in [1.807, 2.05) is 6.07 Å². The van der Waals surface area contributed by atoms with Gasteiger partial charge >= 0.3 is 0 Å². The molecule has 0 aliphatic carbocycles. The van der Waals surface area contributed by atoms with Gasteiger partial charge in [0.1, 0.15) is 6.07 Å². The molecule has 0 heterocycles. The van der Waals surface area contributed by atoms with Crippen molar-refractivity contribution in [3.63, 3.8) is 0 Å². The number of rotatable bonds is 3. The van der Waals surface area contributed by atoms with Crippen LogP contribution in [0.4, 0.5) is 0 Å². The van der Waals surface area contributed by atoms with E-state index in [1.165, 1.54) is 19.2 Å². The Balaban J connectivity index is 3.28. The molecule has 1 unspecified atom stereocenters. The Kier molecular flexibility index (Phi) is 3.50. The number of aromatic hydroxyl groups is 1. The summed E-state index contributed by atoms with van der Waals surface area (Å²) in [5.74, 6) is -0.0400. The van der Waals surface area contributed by atoms with Crippen molar-refractivity contribution in [2.24, 2.45) is 5.73 Å². The van der Waals surface area contributed by atoms with Gasteiger partial charge in [-0.3, -0.25) is 0 Å². The molecule has 15 heavy (non-hydrogen) atoms. The van der Waals surface area contributed by atoms with Gasteiger partial charge in [0.15, 0.2) is 11.5 Å². The molecule has 0 aliphatic heterocycles. The number of aliphatic hydroxyl groups excluding tert-OH is 1. The third-order valence-corrected chi connectivity index (χ3v) is 2.06. The van der Waals surface area contributed by atoms with Gasteiger partial charge in [-0.15, -0.1) is 0 Å². The van der Waals surface area contributed by atoms with Crippen LogP contribution in [0, 0.1) is 11.3 Å². The van der Waals surface area contributed by atoms with E-state index in [2.05, 4.69) is 0 Å². The molecule has 0 saturated carbocycles. The maximum atomic E-state index is 9.52. The molecule has 0 fully saturated rings. The summed E-state index contributed by atoms with van der Waals surface area (Å²) < 4.78 is 4.88. The Morgan fingerprint density at radius 3 is 2.73 bits per heavy atom. The SMILES string of the molecule is COc1cc(C(N)CO)cc(C#N)c1O. The molecule has 1 rings (SSSR count). The van der Waals surface area contributed by atoms with E-state index in [-0.39, 0.29) is 23.7 Å². The Hall–Kier alpha value is -1.77. The number of phenolic OH excluding ortho intramolecular Hbond substituents is 1. The summed E-state index contributed by atoms with van der Waals surface area (Å²) in [5, 5.41) is 27.1. The first-order chi connectivity index (χ1) is 7.13. The van der Waals surface area contributed by atoms with E-state index in [9.17, 15) is 5.11 Å². The van der Waals surface area contributed by atoms with Crippen LogP contribution in [0.1, 0.15) is 17.2 Å². The maximum Gasteiger partial charge on any atom is 0.175 e. The lowest BCUT2D eigenvalue weighted by molar-refractivity contribution is 0.267. The molecule has 1 aromatic carbocycles. The van der Waals surface area contributed by atoms with Crippen LogP contribution in [0.5, 0.6) is 11.5 Å². The Morgan fingerprint density at radius 2 is 2.27 bits per heavy atom. The van der Waals surface area contributed by atoms with Crippen molar-refractivity contribution in [3.8, 4) is 17.6 Å². The lowest BCUT2D eigenvalue weighted by Gasteiger charge is -2.12. The maximum absolute atomic E-state index is 9.52. The van der Waals surface area contributed by atoms with Crippen LogP contribution >= 0.6 is 0 Å². The number of ether oxygens (including phenoxy) is 1. The number of phenols is 1. The normalized spacial score (nSPS) is 11.9. The van der Waals surface area contributed by atoms with E-state index in [4.69, 9.17) is 20.8 Å². The van der Waals surface area contributed by atoms with Crippen LogP contribution in [0.2, 0.25) is 0 Å². The Labute approximate surface area is 87.3 Å². The molecule has 0 radical (unpaired) electrons. The fourth-order valence-electron chi connectivity index (χ4n) is 1.19. The van der Waals surface area contributed by atoms with Crippen molar-refractivity contribution in [2.45, 2.75) is 6.04 Å². The van der Waals surface area contributed by atoms with Gasteiger partial charge < -0.3 is 20.7 Å². The lowest BCUT2D eigenvalue weighted by Crippen LogP contribution is -2.14. The molecule has 0 bridgehead atoms.